The Morgan fingerprint density at radius 3 is 2.64 bits per heavy atom. The molecular weight excluding hydrogens is 172 g/mol. The maximum Gasteiger partial charge on any atom is 0.0483 e. The van der Waals surface area contributed by atoms with E-state index in [9.17, 15) is 0 Å². The van der Waals surface area contributed by atoms with E-state index in [1.165, 1.54) is 27.7 Å². The van der Waals surface area contributed by atoms with Gasteiger partial charge in [-0.05, 0) is 31.5 Å². The summed E-state index contributed by atoms with van der Waals surface area (Å²) in [5.41, 5.74) is 10.9. The van der Waals surface area contributed by atoms with E-state index < -0.39 is 0 Å². The number of rotatable bonds is 1. The highest BCUT2D eigenvalue weighted by atomic mass is 14.9. The van der Waals surface area contributed by atoms with Crippen molar-refractivity contribution in [2.45, 2.75) is 20.4 Å². The van der Waals surface area contributed by atoms with Crippen LogP contribution in [0.4, 0.5) is 0 Å². The van der Waals surface area contributed by atoms with E-state index in [0.29, 0.717) is 6.54 Å². The summed E-state index contributed by atoms with van der Waals surface area (Å²) in [5.74, 6) is 0. The normalized spacial score (nSPS) is 11.1. The van der Waals surface area contributed by atoms with Gasteiger partial charge in [0.25, 0.3) is 0 Å². The molecule has 0 spiro atoms. The number of hydrogen-bond acceptors (Lipinski definition) is 1. The average molecular weight is 188 g/mol. The molecule has 2 N–H and O–H groups in total. The molecule has 2 heteroatoms. The second-order valence-electron chi connectivity index (χ2n) is 3.85. The van der Waals surface area contributed by atoms with Gasteiger partial charge < -0.3 is 10.3 Å². The minimum absolute atomic E-state index is 0.618. The topological polar surface area (TPSA) is 30.9 Å². The summed E-state index contributed by atoms with van der Waals surface area (Å²) in [5, 5.41) is 1.30. The predicted octanol–water partition coefficient (Wildman–Crippen LogP) is 2.25. The van der Waals surface area contributed by atoms with Crippen LogP contribution >= 0.6 is 0 Å². The highest BCUT2D eigenvalue weighted by Crippen LogP contribution is 2.25. The third kappa shape index (κ3) is 1.15. The first-order valence-corrected chi connectivity index (χ1v) is 4.89. The highest BCUT2D eigenvalue weighted by Gasteiger charge is 2.09. The maximum absolute atomic E-state index is 5.77. The molecule has 0 amide bonds. The highest BCUT2D eigenvalue weighted by molar-refractivity contribution is 5.86. The van der Waals surface area contributed by atoms with Crippen molar-refractivity contribution in [1.29, 1.82) is 0 Å². The zero-order valence-electron chi connectivity index (χ0n) is 8.96. The Balaban J connectivity index is 2.89. The fraction of sp³-hybridized carbons (Fsp3) is 0.333. The standard InChI is InChI=1S/C12H16N2/c1-8-4-5-12-10(6-8)11(7-13)9(2)14(12)3/h4-6H,7,13H2,1-3H3. The molecule has 0 saturated carbocycles. The minimum Gasteiger partial charge on any atom is -0.348 e. The lowest BCUT2D eigenvalue weighted by atomic mass is 10.1. The minimum atomic E-state index is 0.618. The number of benzene rings is 1. The van der Waals surface area contributed by atoms with Crippen molar-refractivity contribution in [1.82, 2.24) is 4.57 Å². The molecule has 0 fully saturated rings. The Labute approximate surface area is 84.3 Å². The largest absolute Gasteiger partial charge is 0.348 e. The summed E-state index contributed by atoms with van der Waals surface area (Å²) in [6, 6.07) is 6.52. The molecule has 0 aliphatic carbocycles. The Morgan fingerprint density at radius 2 is 2.00 bits per heavy atom. The van der Waals surface area contributed by atoms with Crippen LogP contribution in [-0.2, 0) is 13.6 Å². The van der Waals surface area contributed by atoms with E-state index in [4.69, 9.17) is 5.73 Å². The summed E-state index contributed by atoms with van der Waals surface area (Å²) < 4.78 is 2.21. The molecule has 0 bridgehead atoms. The lowest BCUT2D eigenvalue weighted by Crippen LogP contribution is -1.98. The zero-order chi connectivity index (χ0) is 10.3. The number of fused-ring (bicyclic) bond motifs is 1. The van der Waals surface area contributed by atoms with Crippen LogP contribution in [0, 0.1) is 13.8 Å². The van der Waals surface area contributed by atoms with Gasteiger partial charge in [-0.2, -0.15) is 0 Å². The number of nitrogens with two attached hydrogens (primary N) is 1. The van der Waals surface area contributed by atoms with Crippen LogP contribution in [0.3, 0.4) is 0 Å². The van der Waals surface area contributed by atoms with Crippen LogP contribution in [0.1, 0.15) is 16.8 Å². The van der Waals surface area contributed by atoms with Crippen molar-refractivity contribution in [2.24, 2.45) is 12.8 Å². The van der Waals surface area contributed by atoms with Gasteiger partial charge >= 0.3 is 0 Å². The summed E-state index contributed by atoms with van der Waals surface area (Å²) in [6.45, 7) is 4.85. The number of hydrogen-bond donors (Lipinski definition) is 1. The molecule has 14 heavy (non-hydrogen) atoms. The zero-order valence-corrected chi connectivity index (χ0v) is 8.96. The van der Waals surface area contributed by atoms with Crippen LogP contribution in [-0.4, -0.2) is 4.57 Å². The first kappa shape index (κ1) is 9.28. The Hall–Kier alpha value is -1.28. The molecule has 0 atom stereocenters. The number of aryl methyl sites for hydroxylation is 2. The quantitative estimate of drug-likeness (QED) is 0.731. The van der Waals surface area contributed by atoms with E-state index in [1.54, 1.807) is 0 Å². The maximum atomic E-state index is 5.77. The van der Waals surface area contributed by atoms with Gasteiger partial charge in [-0.1, -0.05) is 11.6 Å². The number of aromatic nitrogens is 1. The smallest absolute Gasteiger partial charge is 0.0483 e. The Bertz CT molecular complexity index is 481. The van der Waals surface area contributed by atoms with Crippen LogP contribution in [0.5, 0.6) is 0 Å². The van der Waals surface area contributed by atoms with E-state index >= 15 is 0 Å². The molecule has 0 unspecified atom stereocenters. The van der Waals surface area contributed by atoms with Crippen molar-refractivity contribution in [3.63, 3.8) is 0 Å². The van der Waals surface area contributed by atoms with Crippen LogP contribution in [0.25, 0.3) is 10.9 Å². The SMILES string of the molecule is Cc1ccc2c(c1)c(CN)c(C)n2C. The lowest BCUT2D eigenvalue weighted by Gasteiger charge is -1.98. The van der Waals surface area contributed by atoms with Crippen LogP contribution in [0.15, 0.2) is 18.2 Å². The third-order valence-corrected chi connectivity index (χ3v) is 2.98. The lowest BCUT2D eigenvalue weighted by molar-refractivity contribution is 0.894. The van der Waals surface area contributed by atoms with Crippen molar-refractivity contribution < 1.29 is 0 Å². The van der Waals surface area contributed by atoms with Crippen LogP contribution < -0.4 is 5.73 Å². The third-order valence-electron chi connectivity index (χ3n) is 2.98. The Morgan fingerprint density at radius 1 is 1.29 bits per heavy atom. The average Bonchev–Trinajstić information content (AvgIpc) is 2.39. The molecule has 2 rings (SSSR count). The molecule has 0 radical (unpaired) electrons. The molecule has 2 nitrogen and oxygen atoms in total. The van der Waals surface area contributed by atoms with Gasteiger partial charge in [0.15, 0.2) is 0 Å². The van der Waals surface area contributed by atoms with Gasteiger partial charge in [0.2, 0.25) is 0 Å². The molecule has 0 saturated heterocycles. The van der Waals surface area contributed by atoms with E-state index in [2.05, 4.69) is 43.7 Å². The van der Waals surface area contributed by atoms with Crippen molar-refractivity contribution in [3.8, 4) is 0 Å². The van der Waals surface area contributed by atoms with Gasteiger partial charge in [-0.3, -0.25) is 0 Å². The molecule has 1 aromatic heterocycles. The first-order valence-electron chi connectivity index (χ1n) is 4.89. The molecule has 0 aliphatic heterocycles. The predicted molar refractivity (Wildman–Crippen MR) is 60.3 cm³/mol. The van der Waals surface area contributed by atoms with Crippen molar-refractivity contribution in [3.05, 3.63) is 35.0 Å². The summed E-state index contributed by atoms with van der Waals surface area (Å²) in [4.78, 5) is 0. The van der Waals surface area contributed by atoms with E-state index in [0.717, 1.165) is 0 Å². The molecular formula is C12H16N2. The van der Waals surface area contributed by atoms with Crippen molar-refractivity contribution in [2.75, 3.05) is 0 Å². The number of nitrogens with zero attached hydrogens (tertiary/aromatic N) is 1. The molecule has 1 heterocycles. The van der Waals surface area contributed by atoms with E-state index in [1.807, 2.05) is 0 Å². The Kier molecular flexibility index (Phi) is 2.08. The van der Waals surface area contributed by atoms with Gasteiger partial charge in [-0.25, -0.2) is 0 Å². The molecule has 74 valence electrons. The van der Waals surface area contributed by atoms with E-state index in [-0.39, 0.29) is 0 Å². The van der Waals surface area contributed by atoms with Gasteiger partial charge in [-0.15, -0.1) is 0 Å². The molecule has 1 aromatic carbocycles. The first-order chi connectivity index (χ1) is 6.65. The summed E-state index contributed by atoms with van der Waals surface area (Å²) >= 11 is 0. The van der Waals surface area contributed by atoms with Crippen LogP contribution in [0.2, 0.25) is 0 Å². The van der Waals surface area contributed by atoms with Gasteiger partial charge in [0, 0.05) is 30.2 Å². The molecule has 2 aromatic rings. The summed E-state index contributed by atoms with van der Waals surface area (Å²) in [7, 11) is 2.09. The monoisotopic (exact) mass is 188 g/mol. The van der Waals surface area contributed by atoms with Gasteiger partial charge in [0.1, 0.15) is 0 Å². The van der Waals surface area contributed by atoms with Gasteiger partial charge in [0.05, 0.1) is 0 Å². The fourth-order valence-electron chi connectivity index (χ4n) is 2.02. The van der Waals surface area contributed by atoms with Crippen molar-refractivity contribution >= 4 is 10.9 Å². The summed E-state index contributed by atoms with van der Waals surface area (Å²) in [6.07, 6.45) is 0. The second kappa shape index (κ2) is 3.14. The fourth-order valence-corrected chi connectivity index (χ4v) is 2.02. The molecule has 0 aliphatic rings. The second-order valence-corrected chi connectivity index (χ2v) is 3.85.